The van der Waals surface area contributed by atoms with Gasteiger partial charge in [-0.2, -0.15) is 0 Å². The predicted molar refractivity (Wildman–Crippen MR) is 132 cm³/mol. The third kappa shape index (κ3) is 5.73. The maximum absolute atomic E-state index is 13.3. The fourth-order valence-electron chi connectivity index (χ4n) is 4.65. The number of hydrogen-bond acceptors (Lipinski definition) is 5. The highest BCUT2D eigenvalue weighted by atomic mass is 19.1. The summed E-state index contributed by atoms with van der Waals surface area (Å²) >= 11 is 0. The van der Waals surface area contributed by atoms with Crippen molar-refractivity contribution < 1.29 is 14.3 Å². The van der Waals surface area contributed by atoms with Crippen LogP contribution in [0.2, 0.25) is 0 Å². The highest BCUT2D eigenvalue weighted by Gasteiger charge is 2.27. The Morgan fingerprint density at radius 3 is 2.65 bits per heavy atom. The van der Waals surface area contributed by atoms with Crippen LogP contribution in [0.1, 0.15) is 87.2 Å². The number of nitrogens with one attached hydrogen (secondary N) is 2. The molecule has 2 aromatic heterocycles. The van der Waals surface area contributed by atoms with Gasteiger partial charge in [0.25, 0.3) is 5.91 Å². The first-order chi connectivity index (χ1) is 16.4. The van der Waals surface area contributed by atoms with Crippen LogP contribution in [0.4, 0.5) is 16.0 Å². The molecule has 182 valence electrons. The predicted octanol–water partition coefficient (Wildman–Crippen LogP) is 5.52. The van der Waals surface area contributed by atoms with Crippen molar-refractivity contribution in [3.8, 4) is 0 Å². The van der Waals surface area contributed by atoms with Crippen molar-refractivity contribution in [2.75, 3.05) is 10.6 Å². The highest BCUT2D eigenvalue weighted by Crippen LogP contribution is 2.35. The average Bonchev–Trinajstić information content (AvgIpc) is 3.20. The minimum atomic E-state index is -0.355. The minimum absolute atomic E-state index is 0.202. The Bertz CT molecular complexity index is 1110. The molecule has 1 saturated carbocycles. The van der Waals surface area contributed by atoms with Crippen LogP contribution in [0.15, 0.2) is 36.5 Å². The van der Waals surface area contributed by atoms with Gasteiger partial charge in [0.05, 0.1) is 23.4 Å². The van der Waals surface area contributed by atoms with Gasteiger partial charge in [-0.25, -0.2) is 13.9 Å². The number of unbranched alkanes of at least 4 members (excludes halogenated alkanes) is 2. The highest BCUT2D eigenvalue weighted by molar-refractivity contribution is 6.09. The number of rotatable bonds is 9. The number of benzene rings is 1. The fraction of sp³-hybridized carbons (Fsp3) is 0.500. The normalized spacial score (nSPS) is 19.2. The number of aromatic nitrogens is 3. The molecule has 3 N–H and O–H groups in total. The summed E-state index contributed by atoms with van der Waals surface area (Å²) in [5, 5.41) is 21.0. The molecule has 1 aliphatic carbocycles. The van der Waals surface area contributed by atoms with E-state index < -0.39 is 0 Å². The Labute approximate surface area is 199 Å². The van der Waals surface area contributed by atoms with Crippen LogP contribution < -0.4 is 10.6 Å². The van der Waals surface area contributed by atoms with E-state index in [0.29, 0.717) is 22.7 Å². The number of nitrogens with zero attached hydrogens (tertiary/aromatic N) is 3. The lowest BCUT2D eigenvalue weighted by Gasteiger charge is -2.25. The Hall–Kier alpha value is -3.00. The Kier molecular flexibility index (Phi) is 7.77. The first-order valence-electron chi connectivity index (χ1n) is 12.3. The summed E-state index contributed by atoms with van der Waals surface area (Å²) in [7, 11) is 0. The zero-order valence-electron chi connectivity index (χ0n) is 19.9. The van der Waals surface area contributed by atoms with E-state index in [1.165, 1.54) is 37.1 Å². The van der Waals surface area contributed by atoms with Crippen molar-refractivity contribution in [1.29, 1.82) is 0 Å². The monoisotopic (exact) mass is 467 g/mol. The van der Waals surface area contributed by atoms with Gasteiger partial charge in [-0.3, -0.25) is 4.79 Å². The largest absolute Gasteiger partial charge is 0.393 e. The third-order valence-corrected chi connectivity index (χ3v) is 6.62. The molecule has 1 amide bonds. The SMILES string of the molecule is CCCCC[C@H](C)Nc1ncc2c(C(=O)Nc3ccc(F)cc3)cc([C@H]3CC[C@H](O)CC3)n2n1. The van der Waals surface area contributed by atoms with E-state index in [9.17, 15) is 14.3 Å². The van der Waals surface area contributed by atoms with Gasteiger partial charge in [-0.15, -0.1) is 5.10 Å². The Morgan fingerprint density at radius 2 is 1.94 bits per heavy atom. The molecule has 2 heterocycles. The molecule has 3 aromatic rings. The zero-order chi connectivity index (χ0) is 24.1. The van der Waals surface area contributed by atoms with Crippen LogP contribution in [0.3, 0.4) is 0 Å². The van der Waals surface area contributed by atoms with Crippen molar-refractivity contribution in [2.45, 2.75) is 83.3 Å². The van der Waals surface area contributed by atoms with E-state index >= 15 is 0 Å². The van der Waals surface area contributed by atoms with Crippen molar-refractivity contribution >= 4 is 23.1 Å². The Balaban J connectivity index is 1.63. The lowest BCUT2D eigenvalue weighted by atomic mass is 9.85. The van der Waals surface area contributed by atoms with Gasteiger partial charge in [-0.1, -0.05) is 26.2 Å². The van der Waals surface area contributed by atoms with E-state index in [1.807, 2.05) is 10.6 Å². The minimum Gasteiger partial charge on any atom is -0.393 e. The molecule has 4 rings (SSSR count). The first kappa shape index (κ1) is 24.1. The second kappa shape index (κ2) is 11.0. The summed E-state index contributed by atoms with van der Waals surface area (Å²) in [6.45, 7) is 4.32. The molecule has 1 aliphatic rings. The van der Waals surface area contributed by atoms with Crippen LogP contribution >= 0.6 is 0 Å². The van der Waals surface area contributed by atoms with Crippen LogP contribution in [0, 0.1) is 5.82 Å². The molecule has 0 aliphatic heterocycles. The van der Waals surface area contributed by atoms with Gasteiger partial charge < -0.3 is 15.7 Å². The molecular formula is C26H34FN5O2. The number of halogens is 1. The summed E-state index contributed by atoms with van der Waals surface area (Å²) < 4.78 is 15.1. The van der Waals surface area contributed by atoms with Gasteiger partial charge in [0.15, 0.2) is 0 Å². The molecule has 1 aromatic carbocycles. The molecule has 1 fully saturated rings. The molecular weight excluding hydrogens is 433 g/mol. The van der Waals surface area contributed by atoms with Crippen LogP contribution in [-0.4, -0.2) is 37.8 Å². The van der Waals surface area contributed by atoms with Crippen LogP contribution in [0.25, 0.3) is 5.52 Å². The molecule has 8 heteroatoms. The van der Waals surface area contributed by atoms with E-state index in [0.717, 1.165) is 44.2 Å². The molecule has 0 radical (unpaired) electrons. The number of amides is 1. The number of anilines is 2. The van der Waals surface area contributed by atoms with E-state index in [-0.39, 0.29) is 29.8 Å². The van der Waals surface area contributed by atoms with Crippen LogP contribution in [0.5, 0.6) is 0 Å². The second-order valence-corrected chi connectivity index (χ2v) is 9.37. The second-order valence-electron chi connectivity index (χ2n) is 9.37. The third-order valence-electron chi connectivity index (χ3n) is 6.62. The number of fused-ring (bicyclic) bond motifs is 1. The van der Waals surface area contributed by atoms with Crippen molar-refractivity contribution in [3.05, 3.63) is 53.6 Å². The van der Waals surface area contributed by atoms with E-state index in [4.69, 9.17) is 5.10 Å². The molecule has 0 saturated heterocycles. The molecule has 34 heavy (non-hydrogen) atoms. The van der Waals surface area contributed by atoms with Gasteiger partial charge in [0, 0.05) is 23.3 Å². The number of aliphatic hydroxyl groups is 1. The molecule has 7 nitrogen and oxygen atoms in total. The molecule has 0 bridgehead atoms. The molecule has 0 unspecified atom stereocenters. The lowest BCUT2D eigenvalue weighted by molar-refractivity contribution is 0.102. The van der Waals surface area contributed by atoms with Crippen molar-refractivity contribution in [3.63, 3.8) is 0 Å². The zero-order valence-corrected chi connectivity index (χ0v) is 19.9. The summed E-state index contributed by atoms with van der Waals surface area (Å²) in [5.74, 6) is 0.0950. The maximum Gasteiger partial charge on any atom is 0.257 e. The number of carbonyl (C=O) groups excluding carboxylic acids is 1. The van der Waals surface area contributed by atoms with E-state index in [2.05, 4.69) is 29.5 Å². The summed E-state index contributed by atoms with van der Waals surface area (Å²) in [6.07, 6.45) is 9.15. The summed E-state index contributed by atoms with van der Waals surface area (Å²) in [5.41, 5.74) is 2.58. The lowest BCUT2D eigenvalue weighted by Crippen LogP contribution is -2.20. The average molecular weight is 468 g/mol. The smallest absolute Gasteiger partial charge is 0.257 e. The number of carbonyl (C=O) groups is 1. The standard InChI is InChI=1S/C26H34FN5O2/c1-3-4-5-6-17(2)29-26-28-16-24-22(25(34)30-20-11-9-19(27)10-12-20)15-23(32(24)31-26)18-7-13-21(33)14-8-18/h9-12,15-18,21,33H,3-8,13-14H2,1-2H3,(H,29,31)(H,30,34)/t17-,18-,21-/m0/s1. The quantitative estimate of drug-likeness (QED) is 0.361. The molecule has 1 atom stereocenters. The van der Waals surface area contributed by atoms with E-state index in [1.54, 1.807) is 6.20 Å². The van der Waals surface area contributed by atoms with Crippen molar-refractivity contribution in [1.82, 2.24) is 14.6 Å². The van der Waals surface area contributed by atoms with Crippen molar-refractivity contribution in [2.24, 2.45) is 0 Å². The van der Waals surface area contributed by atoms with Gasteiger partial charge in [0.1, 0.15) is 5.82 Å². The first-order valence-corrected chi connectivity index (χ1v) is 12.3. The van der Waals surface area contributed by atoms with Gasteiger partial charge in [-0.05, 0) is 69.4 Å². The van der Waals surface area contributed by atoms with Gasteiger partial charge in [0.2, 0.25) is 5.95 Å². The number of hydrogen-bond donors (Lipinski definition) is 3. The summed E-state index contributed by atoms with van der Waals surface area (Å²) in [6, 6.07) is 7.83. The summed E-state index contributed by atoms with van der Waals surface area (Å²) in [4.78, 5) is 17.6. The molecule has 0 spiro atoms. The fourth-order valence-corrected chi connectivity index (χ4v) is 4.65. The maximum atomic E-state index is 13.3. The number of aliphatic hydroxyl groups excluding tert-OH is 1. The van der Waals surface area contributed by atoms with Crippen LogP contribution in [-0.2, 0) is 0 Å². The Morgan fingerprint density at radius 1 is 1.21 bits per heavy atom. The van der Waals surface area contributed by atoms with Gasteiger partial charge >= 0.3 is 0 Å². The topological polar surface area (TPSA) is 91.5 Å².